The summed E-state index contributed by atoms with van der Waals surface area (Å²) in [5.41, 5.74) is 6.19. The zero-order valence-electron chi connectivity index (χ0n) is 8.03. The van der Waals surface area contributed by atoms with Gasteiger partial charge in [0.25, 0.3) is 0 Å². The minimum atomic E-state index is 0.493. The normalized spacial score (nSPS) is 67.8. The van der Waals surface area contributed by atoms with Crippen molar-refractivity contribution in [3.63, 3.8) is 0 Å². The Morgan fingerprint density at radius 2 is 1.67 bits per heavy atom. The first kappa shape index (κ1) is 7.37. The highest BCUT2D eigenvalue weighted by Gasteiger charge is 2.64. The molecule has 0 heterocycles. The Bertz CT molecular complexity index is 213. The van der Waals surface area contributed by atoms with E-state index in [-0.39, 0.29) is 0 Å². The van der Waals surface area contributed by atoms with E-state index in [0.717, 1.165) is 35.5 Å². The van der Waals surface area contributed by atoms with Crippen molar-refractivity contribution in [2.75, 3.05) is 0 Å². The second kappa shape index (κ2) is 2.06. The van der Waals surface area contributed by atoms with Gasteiger partial charge in [-0.05, 0) is 48.3 Å². The highest BCUT2D eigenvalue weighted by atomic mass is 14.8. The van der Waals surface area contributed by atoms with Gasteiger partial charge >= 0.3 is 0 Å². The fourth-order valence-electron chi connectivity index (χ4n) is 4.10. The van der Waals surface area contributed by atoms with Gasteiger partial charge < -0.3 is 5.73 Å². The predicted octanol–water partition coefficient (Wildman–Crippen LogP) is 1.87. The quantitative estimate of drug-likeness (QED) is 0.582. The molecule has 3 fully saturated rings. The molecule has 0 radical (unpaired) electrons. The lowest BCUT2D eigenvalue weighted by Gasteiger charge is -2.50. The molecule has 1 heteroatoms. The Balaban J connectivity index is 1.82. The third kappa shape index (κ3) is 0.693. The van der Waals surface area contributed by atoms with Crippen LogP contribution in [0.15, 0.2) is 0 Å². The average molecular weight is 165 g/mol. The molecule has 0 bridgehead atoms. The van der Waals surface area contributed by atoms with E-state index < -0.39 is 0 Å². The fourth-order valence-corrected chi connectivity index (χ4v) is 4.10. The molecule has 3 saturated carbocycles. The first-order valence-electron chi connectivity index (χ1n) is 5.45. The SMILES string of the molecule is C[C@H]1[C@@H](N)[C@H](C)C[C@@H]2[C@H]3C[C@@H]3[C@H]12. The highest BCUT2D eigenvalue weighted by Crippen LogP contribution is 2.69. The summed E-state index contributed by atoms with van der Waals surface area (Å²) in [4.78, 5) is 0. The van der Waals surface area contributed by atoms with Crippen LogP contribution in [0.4, 0.5) is 0 Å². The van der Waals surface area contributed by atoms with Crippen LogP contribution in [0.2, 0.25) is 0 Å². The van der Waals surface area contributed by atoms with E-state index in [9.17, 15) is 0 Å². The Kier molecular flexibility index (Phi) is 1.27. The van der Waals surface area contributed by atoms with Gasteiger partial charge in [0.1, 0.15) is 0 Å². The molecule has 0 aromatic carbocycles. The third-order valence-electron chi connectivity index (χ3n) is 4.95. The van der Waals surface area contributed by atoms with Gasteiger partial charge in [-0.2, -0.15) is 0 Å². The summed E-state index contributed by atoms with van der Waals surface area (Å²) in [6.07, 6.45) is 2.97. The van der Waals surface area contributed by atoms with Gasteiger partial charge in [-0.25, -0.2) is 0 Å². The second-order valence-electron chi connectivity index (χ2n) is 5.45. The van der Waals surface area contributed by atoms with Gasteiger partial charge in [0.2, 0.25) is 0 Å². The number of fused-ring (bicyclic) bond motifs is 4. The Morgan fingerprint density at radius 3 is 2.42 bits per heavy atom. The summed E-state index contributed by atoms with van der Waals surface area (Å²) in [6, 6.07) is 0.493. The van der Waals surface area contributed by atoms with E-state index in [1.54, 1.807) is 6.42 Å². The molecule has 7 atom stereocenters. The van der Waals surface area contributed by atoms with E-state index in [1.165, 1.54) is 6.42 Å². The number of rotatable bonds is 0. The predicted molar refractivity (Wildman–Crippen MR) is 49.5 cm³/mol. The molecule has 3 rings (SSSR count). The molecular weight excluding hydrogens is 146 g/mol. The van der Waals surface area contributed by atoms with Gasteiger partial charge in [-0.3, -0.25) is 0 Å². The highest BCUT2D eigenvalue weighted by molar-refractivity contribution is 5.13. The lowest BCUT2D eigenvalue weighted by molar-refractivity contribution is 0.00532. The van der Waals surface area contributed by atoms with Crippen LogP contribution >= 0.6 is 0 Å². The lowest BCUT2D eigenvalue weighted by atomic mass is 9.57. The van der Waals surface area contributed by atoms with Crippen molar-refractivity contribution in [2.45, 2.75) is 32.7 Å². The van der Waals surface area contributed by atoms with Crippen LogP contribution in [0.3, 0.4) is 0 Å². The van der Waals surface area contributed by atoms with Gasteiger partial charge in [-0.15, -0.1) is 0 Å². The zero-order chi connectivity index (χ0) is 8.46. The number of nitrogens with two attached hydrogens (primary N) is 1. The van der Waals surface area contributed by atoms with Crippen LogP contribution in [0.25, 0.3) is 0 Å². The van der Waals surface area contributed by atoms with Crippen molar-refractivity contribution in [1.29, 1.82) is 0 Å². The van der Waals surface area contributed by atoms with Gasteiger partial charge in [0.05, 0.1) is 0 Å². The van der Waals surface area contributed by atoms with Crippen LogP contribution in [-0.2, 0) is 0 Å². The summed E-state index contributed by atoms with van der Waals surface area (Å²) < 4.78 is 0. The Labute approximate surface area is 74.7 Å². The molecule has 3 aliphatic rings. The minimum absolute atomic E-state index is 0.493. The summed E-state index contributed by atoms with van der Waals surface area (Å²) in [5.74, 6) is 5.96. The molecular formula is C11H19N. The second-order valence-corrected chi connectivity index (χ2v) is 5.45. The van der Waals surface area contributed by atoms with E-state index in [1.807, 2.05) is 0 Å². The number of hydrogen-bond donors (Lipinski definition) is 1. The van der Waals surface area contributed by atoms with Crippen molar-refractivity contribution in [3.8, 4) is 0 Å². The van der Waals surface area contributed by atoms with Crippen molar-refractivity contribution in [3.05, 3.63) is 0 Å². The van der Waals surface area contributed by atoms with Crippen molar-refractivity contribution in [1.82, 2.24) is 0 Å². The molecule has 0 aromatic heterocycles. The van der Waals surface area contributed by atoms with Crippen LogP contribution < -0.4 is 5.73 Å². The Morgan fingerprint density at radius 1 is 1.00 bits per heavy atom. The van der Waals surface area contributed by atoms with E-state index in [4.69, 9.17) is 5.73 Å². The van der Waals surface area contributed by atoms with Gasteiger partial charge in [0.15, 0.2) is 0 Å². The number of hydrogen-bond acceptors (Lipinski definition) is 1. The molecule has 0 aliphatic heterocycles. The summed E-state index contributed by atoms with van der Waals surface area (Å²) in [7, 11) is 0. The van der Waals surface area contributed by atoms with Crippen molar-refractivity contribution in [2.24, 2.45) is 41.2 Å². The topological polar surface area (TPSA) is 26.0 Å². The molecule has 0 spiro atoms. The lowest BCUT2D eigenvalue weighted by Crippen LogP contribution is -2.51. The van der Waals surface area contributed by atoms with Crippen LogP contribution in [0.1, 0.15) is 26.7 Å². The third-order valence-corrected chi connectivity index (χ3v) is 4.95. The summed E-state index contributed by atoms with van der Waals surface area (Å²) in [5, 5.41) is 0. The molecule has 0 aromatic rings. The summed E-state index contributed by atoms with van der Waals surface area (Å²) in [6.45, 7) is 4.72. The van der Waals surface area contributed by atoms with Crippen molar-refractivity contribution < 1.29 is 0 Å². The molecule has 2 N–H and O–H groups in total. The molecule has 0 amide bonds. The molecule has 68 valence electrons. The van der Waals surface area contributed by atoms with Gasteiger partial charge in [-0.1, -0.05) is 13.8 Å². The fraction of sp³-hybridized carbons (Fsp3) is 1.00. The standard InChI is InChI=1S/C11H19N/c1-5-3-8-7-4-9(7)10(8)6(2)11(5)12/h5-11H,3-4,12H2,1-2H3/t5-,6-,7-,8-,9+,10-,11+/m1/s1. The van der Waals surface area contributed by atoms with Crippen LogP contribution in [-0.4, -0.2) is 6.04 Å². The average Bonchev–Trinajstić information content (AvgIpc) is 2.72. The molecule has 3 aliphatic carbocycles. The van der Waals surface area contributed by atoms with Crippen LogP contribution in [0.5, 0.6) is 0 Å². The monoisotopic (exact) mass is 165 g/mol. The largest absolute Gasteiger partial charge is 0.327 e. The summed E-state index contributed by atoms with van der Waals surface area (Å²) >= 11 is 0. The van der Waals surface area contributed by atoms with E-state index in [0.29, 0.717) is 6.04 Å². The van der Waals surface area contributed by atoms with E-state index >= 15 is 0 Å². The maximum atomic E-state index is 6.19. The smallest absolute Gasteiger partial charge is 0.00933 e. The maximum absolute atomic E-state index is 6.19. The van der Waals surface area contributed by atoms with Crippen molar-refractivity contribution >= 4 is 0 Å². The maximum Gasteiger partial charge on any atom is 0.00933 e. The molecule has 12 heavy (non-hydrogen) atoms. The molecule has 1 nitrogen and oxygen atoms in total. The minimum Gasteiger partial charge on any atom is -0.327 e. The Hall–Kier alpha value is -0.0400. The molecule has 0 unspecified atom stereocenters. The van der Waals surface area contributed by atoms with Gasteiger partial charge in [0, 0.05) is 6.04 Å². The first-order valence-corrected chi connectivity index (χ1v) is 5.45. The van der Waals surface area contributed by atoms with E-state index in [2.05, 4.69) is 13.8 Å². The zero-order valence-corrected chi connectivity index (χ0v) is 8.03. The first-order chi connectivity index (χ1) is 5.70. The molecule has 0 saturated heterocycles. The van der Waals surface area contributed by atoms with Crippen LogP contribution in [0, 0.1) is 35.5 Å².